The Bertz CT molecular complexity index is 859. The third-order valence-corrected chi connectivity index (χ3v) is 6.70. The smallest absolute Gasteiger partial charge is 0.340 e. The molecule has 1 aliphatic heterocycles. The maximum atomic E-state index is 13.0. The van der Waals surface area contributed by atoms with Crippen LogP contribution in [0.3, 0.4) is 0 Å². The van der Waals surface area contributed by atoms with Gasteiger partial charge in [-0.2, -0.15) is 0 Å². The lowest BCUT2D eigenvalue weighted by atomic mass is 9.78. The van der Waals surface area contributed by atoms with E-state index in [9.17, 15) is 4.79 Å². The summed E-state index contributed by atoms with van der Waals surface area (Å²) in [6, 6.07) is 13.6. The van der Waals surface area contributed by atoms with Crippen LogP contribution in [0.25, 0.3) is 0 Å². The Kier molecular flexibility index (Phi) is 7.19. The zero-order chi connectivity index (χ0) is 21.8. The van der Waals surface area contributed by atoms with Gasteiger partial charge in [-0.3, -0.25) is 0 Å². The zero-order valence-corrected chi connectivity index (χ0v) is 19.0. The number of carbonyl (C=O) groups excluding carboxylic acids is 1. The number of aryl methyl sites for hydroxylation is 1. The average molecular weight is 411 g/mol. The number of carbonyl (C=O) groups is 1. The maximum absolute atomic E-state index is 13.0. The van der Waals surface area contributed by atoms with Gasteiger partial charge in [-0.1, -0.05) is 58.0 Å². The molecule has 0 aromatic heterocycles. The Morgan fingerprint density at radius 1 is 1.00 bits per heavy atom. The van der Waals surface area contributed by atoms with Crippen LogP contribution in [0.15, 0.2) is 42.5 Å². The molecule has 5 atom stereocenters. The molecule has 30 heavy (non-hydrogen) atoms. The number of hydrogen-bond acceptors (Lipinski definition) is 4. The fourth-order valence-electron chi connectivity index (χ4n) is 4.09. The van der Waals surface area contributed by atoms with E-state index in [0.717, 1.165) is 23.1 Å². The molecule has 1 aliphatic rings. The van der Waals surface area contributed by atoms with Crippen LogP contribution in [0, 0.1) is 31.6 Å². The predicted octanol–water partition coefficient (Wildman–Crippen LogP) is 6.08. The van der Waals surface area contributed by atoms with Gasteiger partial charge >= 0.3 is 5.97 Å². The van der Waals surface area contributed by atoms with E-state index < -0.39 is 6.29 Å². The third-order valence-electron chi connectivity index (χ3n) is 6.70. The lowest BCUT2D eigenvalue weighted by Crippen LogP contribution is -2.46. The van der Waals surface area contributed by atoms with Crippen LogP contribution in [0.4, 0.5) is 0 Å². The van der Waals surface area contributed by atoms with Crippen molar-refractivity contribution in [2.24, 2.45) is 17.8 Å². The van der Waals surface area contributed by atoms with E-state index in [1.165, 1.54) is 0 Å². The number of hydrogen-bond donors (Lipinski definition) is 0. The second kappa shape index (κ2) is 9.65. The normalized spacial score (nSPS) is 26.3. The van der Waals surface area contributed by atoms with Crippen molar-refractivity contribution in [3.8, 4) is 5.75 Å². The van der Waals surface area contributed by atoms with Gasteiger partial charge in [0.1, 0.15) is 12.4 Å². The van der Waals surface area contributed by atoms with E-state index >= 15 is 0 Å². The Labute approximate surface area is 180 Å². The van der Waals surface area contributed by atoms with Gasteiger partial charge in [-0.25, -0.2) is 4.79 Å². The molecule has 4 nitrogen and oxygen atoms in total. The highest BCUT2D eigenvalue weighted by atomic mass is 16.7. The molecular weight excluding hydrogens is 376 g/mol. The Balaban J connectivity index is 1.74. The van der Waals surface area contributed by atoms with E-state index in [1.54, 1.807) is 6.07 Å². The van der Waals surface area contributed by atoms with Gasteiger partial charge in [0.05, 0.1) is 11.7 Å². The van der Waals surface area contributed by atoms with Crippen molar-refractivity contribution in [1.29, 1.82) is 0 Å². The molecule has 1 fully saturated rings. The van der Waals surface area contributed by atoms with Crippen molar-refractivity contribution in [2.75, 3.05) is 0 Å². The summed E-state index contributed by atoms with van der Waals surface area (Å²) in [7, 11) is 0. The van der Waals surface area contributed by atoms with Crippen molar-refractivity contribution in [3.05, 3.63) is 64.7 Å². The highest BCUT2D eigenvalue weighted by Gasteiger charge is 2.40. The standard InChI is InChI=1S/C26H34O4/c1-7-23-19(5)18(4)20(6)26(29-23)30-25(27)22-13-16(2)17(3)24(14-22)28-15-21-11-9-8-10-12-21/h8-14,18-20,23,26H,7,15H2,1-6H3/t18-,19?,20?,23?,26-/m0/s1. The molecule has 0 N–H and O–H groups in total. The van der Waals surface area contributed by atoms with E-state index in [4.69, 9.17) is 14.2 Å². The summed E-state index contributed by atoms with van der Waals surface area (Å²) >= 11 is 0. The van der Waals surface area contributed by atoms with Gasteiger partial charge < -0.3 is 14.2 Å². The molecule has 0 saturated carbocycles. The first-order valence-electron chi connectivity index (χ1n) is 11.0. The molecule has 0 radical (unpaired) electrons. The molecule has 162 valence electrons. The second-order valence-corrected chi connectivity index (χ2v) is 8.62. The molecule has 3 rings (SSSR count). The van der Waals surface area contributed by atoms with Crippen molar-refractivity contribution >= 4 is 5.97 Å². The zero-order valence-electron chi connectivity index (χ0n) is 19.0. The van der Waals surface area contributed by atoms with E-state index in [-0.39, 0.29) is 18.0 Å². The first-order valence-corrected chi connectivity index (χ1v) is 11.0. The fourth-order valence-corrected chi connectivity index (χ4v) is 4.09. The molecule has 0 bridgehead atoms. The predicted molar refractivity (Wildman–Crippen MR) is 119 cm³/mol. The molecule has 2 aromatic rings. The number of rotatable bonds is 6. The van der Waals surface area contributed by atoms with Crippen LogP contribution in [-0.4, -0.2) is 18.4 Å². The van der Waals surface area contributed by atoms with Crippen molar-refractivity contribution < 1.29 is 19.0 Å². The van der Waals surface area contributed by atoms with Crippen LogP contribution < -0.4 is 4.74 Å². The second-order valence-electron chi connectivity index (χ2n) is 8.62. The van der Waals surface area contributed by atoms with Crippen LogP contribution in [0.5, 0.6) is 5.75 Å². The first-order chi connectivity index (χ1) is 14.3. The number of esters is 1. The summed E-state index contributed by atoms with van der Waals surface area (Å²) in [5, 5.41) is 0. The summed E-state index contributed by atoms with van der Waals surface area (Å²) < 4.78 is 18.0. The SMILES string of the molecule is CCC1O[C@@H](OC(=O)c2cc(C)c(C)c(OCc3ccccc3)c2)C(C)[C@@H](C)C1C. The number of ether oxygens (including phenoxy) is 3. The molecule has 0 amide bonds. The first kappa shape index (κ1) is 22.4. The summed E-state index contributed by atoms with van der Waals surface area (Å²) in [5.41, 5.74) is 3.61. The van der Waals surface area contributed by atoms with Gasteiger partial charge in [-0.05, 0) is 60.9 Å². The van der Waals surface area contributed by atoms with Crippen molar-refractivity contribution in [2.45, 2.75) is 67.0 Å². The van der Waals surface area contributed by atoms with Gasteiger partial charge in [-0.15, -0.1) is 0 Å². The third kappa shape index (κ3) is 4.86. The Morgan fingerprint density at radius 2 is 1.70 bits per heavy atom. The molecule has 0 aliphatic carbocycles. The van der Waals surface area contributed by atoms with E-state index in [2.05, 4.69) is 27.7 Å². The van der Waals surface area contributed by atoms with E-state index in [0.29, 0.717) is 29.8 Å². The summed E-state index contributed by atoms with van der Waals surface area (Å²) in [5.74, 6) is 1.35. The minimum atomic E-state index is -0.524. The molecular formula is C26H34O4. The monoisotopic (exact) mass is 410 g/mol. The molecule has 4 heteroatoms. The minimum absolute atomic E-state index is 0.110. The summed E-state index contributed by atoms with van der Waals surface area (Å²) in [6.07, 6.45) is 0.496. The summed E-state index contributed by atoms with van der Waals surface area (Å²) in [6.45, 7) is 13.1. The van der Waals surface area contributed by atoms with Crippen molar-refractivity contribution in [1.82, 2.24) is 0 Å². The quantitative estimate of drug-likeness (QED) is 0.541. The molecule has 1 heterocycles. The Morgan fingerprint density at radius 3 is 2.37 bits per heavy atom. The molecule has 3 unspecified atom stereocenters. The van der Waals surface area contributed by atoms with E-state index in [1.807, 2.05) is 50.2 Å². The Hall–Kier alpha value is -2.33. The van der Waals surface area contributed by atoms with Crippen LogP contribution in [0.2, 0.25) is 0 Å². The van der Waals surface area contributed by atoms with Gasteiger partial charge in [0.15, 0.2) is 0 Å². The molecule has 1 saturated heterocycles. The highest BCUT2D eigenvalue weighted by molar-refractivity contribution is 5.90. The maximum Gasteiger partial charge on any atom is 0.340 e. The van der Waals surface area contributed by atoms with Gasteiger partial charge in [0.2, 0.25) is 6.29 Å². The molecule has 0 spiro atoms. The lowest BCUT2D eigenvalue weighted by molar-refractivity contribution is -0.224. The van der Waals surface area contributed by atoms with Crippen LogP contribution in [-0.2, 0) is 16.1 Å². The van der Waals surface area contributed by atoms with Gasteiger partial charge in [0, 0.05) is 5.92 Å². The van der Waals surface area contributed by atoms with Crippen molar-refractivity contribution in [3.63, 3.8) is 0 Å². The van der Waals surface area contributed by atoms with Crippen LogP contribution >= 0.6 is 0 Å². The average Bonchev–Trinajstić information content (AvgIpc) is 2.75. The largest absolute Gasteiger partial charge is 0.489 e. The van der Waals surface area contributed by atoms with Gasteiger partial charge in [0.25, 0.3) is 0 Å². The molecule has 2 aromatic carbocycles. The minimum Gasteiger partial charge on any atom is -0.489 e. The summed E-state index contributed by atoms with van der Waals surface area (Å²) in [4.78, 5) is 13.0. The highest BCUT2D eigenvalue weighted by Crippen LogP contribution is 2.37. The number of benzene rings is 2. The lowest BCUT2D eigenvalue weighted by Gasteiger charge is -2.42. The topological polar surface area (TPSA) is 44.8 Å². The van der Waals surface area contributed by atoms with Crippen LogP contribution in [0.1, 0.15) is 61.2 Å². The fraction of sp³-hybridized carbons (Fsp3) is 0.500.